The number of amides is 1. The second kappa shape index (κ2) is 9.21. The van der Waals surface area contributed by atoms with E-state index in [1.165, 1.54) is 0 Å². The number of thiophene rings is 1. The van der Waals surface area contributed by atoms with Crippen molar-refractivity contribution in [1.29, 1.82) is 0 Å². The van der Waals surface area contributed by atoms with Crippen LogP contribution in [0.4, 0.5) is 0 Å². The Morgan fingerprint density at radius 1 is 1.20 bits per heavy atom. The van der Waals surface area contributed by atoms with Crippen molar-refractivity contribution in [3.8, 4) is 11.5 Å². The second-order valence-corrected chi connectivity index (χ2v) is 7.89. The molecule has 0 spiro atoms. The molecule has 8 nitrogen and oxygen atoms in total. The molecule has 0 bridgehead atoms. The van der Waals surface area contributed by atoms with E-state index in [4.69, 9.17) is 9.47 Å². The highest BCUT2D eigenvalue weighted by Gasteiger charge is 2.14. The largest absolute Gasteiger partial charge is 0.477 e. The minimum atomic E-state index is -0.980. The van der Waals surface area contributed by atoms with E-state index in [-0.39, 0.29) is 10.8 Å². The summed E-state index contributed by atoms with van der Waals surface area (Å²) < 4.78 is 11.9. The number of morpholine rings is 1. The molecule has 1 fully saturated rings. The third-order valence-corrected chi connectivity index (χ3v) is 5.84. The number of hydrogen-bond donors (Lipinski definition) is 2. The molecule has 0 atom stereocenters. The number of benzene rings is 1. The lowest BCUT2D eigenvalue weighted by Gasteiger charge is -2.26. The van der Waals surface area contributed by atoms with Gasteiger partial charge < -0.3 is 19.9 Å². The summed E-state index contributed by atoms with van der Waals surface area (Å²) in [6.45, 7) is 4.63. The molecule has 0 saturated carbocycles. The number of carbonyl (C=O) groups is 2. The monoisotopic (exact) mass is 427 g/mol. The van der Waals surface area contributed by atoms with Crippen LogP contribution in [0.2, 0.25) is 0 Å². The van der Waals surface area contributed by atoms with Crippen molar-refractivity contribution in [3.05, 3.63) is 53.2 Å². The molecule has 1 aliphatic heterocycles. The number of pyridine rings is 1. The smallest absolute Gasteiger partial charge is 0.345 e. The van der Waals surface area contributed by atoms with Gasteiger partial charge in [-0.15, -0.1) is 11.3 Å². The van der Waals surface area contributed by atoms with Crippen molar-refractivity contribution in [2.75, 3.05) is 39.4 Å². The van der Waals surface area contributed by atoms with Crippen LogP contribution in [-0.4, -0.2) is 66.3 Å². The molecule has 0 radical (unpaired) electrons. The van der Waals surface area contributed by atoms with Crippen molar-refractivity contribution in [2.45, 2.75) is 0 Å². The first-order valence-electron chi connectivity index (χ1n) is 9.57. The Kier molecular flexibility index (Phi) is 6.22. The highest BCUT2D eigenvalue weighted by atomic mass is 32.1. The van der Waals surface area contributed by atoms with Crippen molar-refractivity contribution in [1.82, 2.24) is 15.2 Å². The lowest BCUT2D eigenvalue weighted by Crippen LogP contribution is -2.41. The predicted molar refractivity (Wildman–Crippen MR) is 113 cm³/mol. The molecule has 1 amide bonds. The van der Waals surface area contributed by atoms with E-state index in [1.807, 2.05) is 0 Å². The quantitative estimate of drug-likeness (QED) is 0.598. The van der Waals surface area contributed by atoms with E-state index in [1.54, 1.807) is 42.7 Å². The van der Waals surface area contributed by atoms with Crippen LogP contribution in [-0.2, 0) is 4.74 Å². The van der Waals surface area contributed by atoms with Gasteiger partial charge in [0.2, 0.25) is 0 Å². The zero-order chi connectivity index (χ0) is 20.9. The minimum absolute atomic E-state index is 0.137. The average molecular weight is 427 g/mol. The zero-order valence-electron chi connectivity index (χ0n) is 16.2. The van der Waals surface area contributed by atoms with E-state index < -0.39 is 5.97 Å². The molecule has 1 saturated heterocycles. The van der Waals surface area contributed by atoms with Gasteiger partial charge in [0.25, 0.3) is 5.91 Å². The molecule has 30 heavy (non-hydrogen) atoms. The Labute approximate surface area is 177 Å². The van der Waals surface area contributed by atoms with Gasteiger partial charge >= 0.3 is 5.97 Å². The lowest BCUT2D eigenvalue weighted by atomic mass is 10.2. The third kappa shape index (κ3) is 4.76. The van der Waals surface area contributed by atoms with Crippen LogP contribution >= 0.6 is 11.3 Å². The first kappa shape index (κ1) is 20.3. The summed E-state index contributed by atoms with van der Waals surface area (Å²) in [6.07, 6.45) is 3.16. The van der Waals surface area contributed by atoms with Crippen LogP contribution < -0.4 is 10.1 Å². The molecular weight excluding hydrogens is 406 g/mol. The molecule has 0 aliphatic carbocycles. The van der Waals surface area contributed by atoms with E-state index in [0.29, 0.717) is 29.0 Å². The number of aromatic carboxylic acids is 1. The fraction of sp³-hybridized carbons (Fsp3) is 0.286. The molecule has 1 aromatic carbocycles. The number of hydrogen-bond acceptors (Lipinski definition) is 7. The first-order chi connectivity index (χ1) is 14.6. The third-order valence-electron chi connectivity index (χ3n) is 4.78. The number of aromatic nitrogens is 1. The van der Waals surface area contributed by atoms with Gasteiger partial charge in [0.05, 0.1) is 24.1 Å². The van der Waals surface area contributed by atoms with Crippen LogP contribution in [0.3, 0.4) is 0 Å². The summed E-state index contributed by atoms with van der Waals surface area (Å²) in [7, 11) is 0. The number of fused-ring (bicyclic) bond motifs is 1. The van der Waals surface area contributed by atoms with E-state index in [2.05, 4.69) is 15.2 Å². The number of nitrogens with one attached hydrogen (secondary N) is 1. The lowest BCUT2D eigenvalue weighted by molar-refractivity contribution is 0.0383. The van der Waals surface area contributed by atoms with Crippen molar-refractivity contribution in [2.24, 2.45) is 0 Å². The van der Waals surface area contributed by atoms with Gasteiger partial charge in [-0.1, -0.05) is 0 Å². The van der Waals surface area contributed by atoms with Gasteiger partial charge in [0, 0.05) is 43.3 Å². The molecular formula is C21H21N3O5S. The summed E-state index contributed by atoms with van der Waals surface area (Å²) >= 11 is 1.15. The van der Waals surface area contributed by atoms with Gasteiger partial charge in [-0.25, -0.2) is 4.79 Å². The number of nitrogens with zero attached hydrogens (tertiary/aromatic N) is 2. The predicted octanol–water partition coefficient (Wildman–Crippen LogP) is 2.85. The van der Waals surface area contributed by atoms with Crippen LogP contribution in [0, 0.1) is 0 Å². The minimum Gasteiger partial charge on any atom is -0.477 e. The number of carboxylic acids is 1. The Balaban J connectivity index is 1.37. The summed E-state index contributed by atoms with van der Waals surface area (Å²) in [5.41, 5.74) is 0.546. The molecule has 3 aromatic rings. The van der Waals surface area contributed by atoms with Crippen molar-refractivity contribution < 1.29 is 24.2 Å². The molecule has 9 heteroatoms. The molecule has 2 aromatic heterocycles. The van der Waals surface area contributed by atoms with Gasteiger partial charge in [-0.3, -0.25) is 14.7 Å². The van der Waals surface area contributed by atoms with E-state index in [0.717, 1.165) is 48.9 Å². The summed E-state index contributed by atoms with van der Waals surface area (Å²) in [5, 5.41) is 12.8. The summed E-state index contributed by atoms with van der Waals surface area (Å²) in [6, 6.07) is 8.39. The average Bonchev–Trinajstić information content (AvgIpc) is 3.21. The number of ether oxygens (including phenoxy) is 2. The van der Waals surface area contributed by atoms with E-state index >= 15 is 0 Å². The molecule has 156 valence electrons. The molecule has 3 heterocycles. The highest BCUT2D eigenvalue weighted by Crippen LogP contribution is 2.34. The number of carboxylic acid groups (broad SMARTS) is 1. The highest BCUT2D eigenvalue weighted by molar-refractivity contribution is 7.20. The van der Waals surface area contributed by atoms with Crippen molar-refractivity contribution in [3.63, 3.8) is 0 Å². The maximum Gasteiger partial charge on any atom is 0.345 e. The fourth-order valence-corrected chi connectivity index (χ4v) is 4.06. The summed E-state index contributed by atoms with van der Waals surface area (Å²) in [5.74, 6) is -0.107. The molecule has 0 unspecified atom stereocenters. The van der Waals surface area contributed by atoms with Crippen molar-refractivity contribution >= 4 is 33.3 Å². The van der Waals surface area contributed by atoms with Crippen LogP contribution in [0.15, 0.2) is 42.7 Å². The number of rotatable bonds is 7. The second-order valence-electron chi connectivity index (χ2n) is 6.80. The number of carbonyl (C=O) groups excluding carboxylic acids is 1. The van der Waals surface area contributed by atoms with Gasteiger partial charge in [-0.2, -0.15) is 0 Å². The Hall–Kier alpha value is -3.01. The SMILES string of the molecule is O=C(NCCN1CCOCC1)c1ccc(Oc2cncc3sc(C(=O)O)cc23)cc1. The molecule has 4 rings (SSSR count). The van der Waals surface area contributed by atoms with Crippen LogP contribution in [0.1, 0.15) is 20.0 Å². The standard InChI is InChI=1S/C21H21N3O5S/c25-20(23-5-6-24-7-9-28-10-8-24)14-1-3-15(4-2-14)29-17-12-22-13-19-16(17)11-18(30-19)21(26)27/h1-4,11-13H,5-10H2,(H,23,25)(H,26,27). The van der Waals surface area contributed by atoms with Gasteiger partial charge in [0.15, 0.2) is 5.75 Å². The van der Waals surface area contributed by atoms with Crippen LogP contribution in [0.5, 0.6) is 11.5 Å². The molecule has 2 N–H and O–H groups in total. The van der Waals surface area contributed by atoms with E-state index in [9.17, 15) is 14.7 Å². The van der Waals surface area contributed by atoms with Crippen LogP contribution in [0.25, 0.3) is 10.1 Å². The van der Waals surface area contributed by atoms with Gasteiger partial charge in [0.1, 0.15) is 10.6 Å². The fourth-order valence-electron chi connectivity index (χ4n) is 3.18. The molecule has 1 aliphatic rings. The Morgan fingerprint density at radius 3 is 2.70 bits per heavy atom. The maximum atomic E-state index is 12.3. The Morgan fingerprint density at radius 2 is 1.97 bits per heavy atom. The summed E-state index contributed by atoms with van der Waals surface area (Å²) in [4.78, 5) is 30.2. The maximum absolute atomic E-state index is 12.3. The van der Waals surface area contributed by atoms with Gasteiger partial charge in [-0.05, 0) is 30.3 Å². The first-order valence-corrected chi connectivity index (χ1v) is 10.4. The zero-order valence-corrected chi connectivity index (χ0v) is 17.0. The normalized spacial score (nSPS) is 14.5. The topological polar surface area (TPSA) is 101 Å². The Bertz CT molecular complexity index is 1040.